The molecule has 0 aliphatic heterocycles. The van der Waals surface area contributed by atoms with Crippen molar-refractivity contribution in [1.82, 2.24) is 0 Å². The van der Waals surface area contributed by atoms with Gasteiger partial charge in [-0.1, -0.05) is 40.2 Å². The van der Waals surface area contributed by atoms with Gasteiger partial charge in [0.2, 0.25) is 0 Å². The van der Waals surface area contributed by atoms with E-state index in [0.717, 1.165) is 28.0 Å². The number of halogens is 1. The summed E-state index contributed by atoms with van der Waals surface area (Å²) in [6.07, 6.45) is 0.824. The zero-order chi connectivity index (χ0) is 12.1. The molecule has 0 atom stereocenters. The molecule has 0 unspecified atom stereocenters. The lowest BCUT2D eigenvalue weighted by molar-refractivity contribution is 0.476. The van der Waals surface area contributed by atoms with Crippen molar-refractivity contribution in [2.24, 2.45) is 5.73 Å². The van der Waals surface area contributed by atoms with Crippen LogP contribution in [-0.2, 0) is 6.42 Å². The van der Waals surface area contributed by atoms with Crippen LogP contribution >= 0.6 is 15.9 Å². The number of hydrogen-bond donors (Lipinski definition) is 1. The van der Waals surface area contributed by atoms with E-state index in [2.05, 4.69) is 15.9 Å². The molecule has 2 N–H and O–H groups in total. The molecular formula is C14H14BrNO. The fraction of sp³-hybridized carbons (Fsp3) is 0.143. The second kappa shape index (κ2) is 5.84. The molecule has 17 heavy (non-hydrogen) atoms. The monoisotopic (exact) mass is 291 g/mol. The van der Waals surface area contributed by atoms with Crippen LogP contribution in [0.5, 0.6) is 11.5 Å². The molecule has 0 aliphatic rings. The average molecular weight is 292 g/mol. The number of nitrogens with two attached hydrogens (primary N) is 1. The van der Waals surface area contributed by atoms with E-state index in [1.54, 1.807) is 0 Å². The lowest BCUT2D eigenvalue weighted by Crippen LogP contribution is -2.03. The summed E-state index contributed by atoms with van der Waals surface area (Å²) < 4.78 is 6.86. The van der Waals surface area contributed by atoms with E-state index in [0.29, 0.717) is 6.54 Å². The van der Waals surface area contributed by atoms with Gasteiger partial charge >= 0.3 is 0 Å². The van der Waals surface area contributed by atoms with Crippen molar-refractivity contribution in [2.75, 3.05) is 6.54 Å². The lowest BCUT2D eigenvalue weighted by Gasteiger charge is -2.10. The standard InChI is InChI=1S/C14H14BrNO/c15-12-5-3-6-13(10-12)17-14-7-2-1-4-11(14)8-9-16/h1-7,10H,8-9,16H2. The van der Waals surface area contributed by atoms with E-state index in [9.17, 15) is 0 Å². The Morgan fingerprint density at radius 3 is 2.65 bits per heavy atom. The van der Waals surface area contributed by atoms with E-state index in [1.165, 1.54) is 0 Å². The summed E-state index contributed by atoms with van der Waals surface area (Å²) in [6.45, 7) is 0.624. The van der Waals surface area contributed by atoms with Crippen LogP contribution in [0.2, 0.25) is 0 Å². The van der Waals surface area contributed by atoms with E-state index in [1.807, 2.05) is 48.5 Å². The van der Waals surface area contributed by atoms with E-state index in [4.69, 9.17) is 10.5 Å². The van der Waals surface area contributed by atoms with Crippen LogP contribution in [0.1, 0.15) is 5.56 Å². The Kier molecular flexibility index (Phi) is 4.18. The quantitative estimate of drug-likeness (QED) is 0.931. The van der Waals surface area contributed by atoms with Crippen molar-refractivity contribution in [3.8, 4) is 11.5 Å². The summed E-state index contributed by atoms with van der Waals surface area (Å²) in [6, 6.07) is 15.8. The van der Waals surface area contributed by atoms with Gasteiger partial charge in [-0.2, -0.15) is 0 Å². The Morgan fingerprint density at radius 1 is 1.06 bits per heavy atom. The van der Waals surface area contributed by atoms with Crippen LogP contribution < -0.4 is 10.5 Å². The first-order chi connectivity index (χ1) is 8.29. The molecule has 2 rings (SSSR count). The van der Waals surface area contributed by atoms with Crippen LogP contribution in [0.15, 0.2) is 53.0 Å². The fourth-order valence-corrected chi connectivity index (χ4v) is 2.00. The first kappa shape index (κ1) is 12.1. The zero-order valence-electron chi connectivity index (χ0n) is 9.40. The van der Waals surface area contributed by atoms with Gasteiger partial charge in [0.1, 0.15) is 11.5 Å². The van der Waals surface area contributed by atoms with Gasteiger partial charge in [-0.05, 0) is 42.8 Å². The smallest absolute Gasteiger partial charge is 0.130 e. The molecular weight excluding hydrogens is 278 g/mol. The average Bonchev–Trinajstić information content (AvgIpc) is 2.32. The van der Waals surface area contributed by atoms with Crippen molar-refractivity contribution >= 4 is 15.9 Å². The summed E-state index contributed by atoms with van der Waals surface area (Å²) in [5, 5.41) is 0. The Labute approximate surface area is 110 Å². The maximum Gasteiger partial charge on any atom is 0.130 e. The lowest BCUT2D eigenvalue weighted by atomic mass is 10.1. The van der Waals surface area contributed by atoms with Gasteiger partial charge in [-0.3, -0.25) is 0 Å². The maximum atomic E-state index is 5.86. The Bertz CT molecular complexity index is 499. The molecule has 88 valence electrons. The summed E-state index contributed by atoms with van der Waals surface area (Å²) >= 11 is 3.42. The molecule has 2 aromatic carbocycles. The number of para-hydroxylation sites is 1. The summed E-state index contributed by atoms with van der Waals surface area (Å²) in [4.78, 5) is 0. The fourth-order valence-electron chi connectivity index (χ4n) is 1.62. The molecule has 0 aromatic heterocycles. The van der Waals surface area contributed by atoms with Crippen LogP contribution in [0, 0.1) is 0 Å². The van der Waals surface area contributed by atoms with E-state index >= 15 is 0 Å². The summed E-state index contributed by atoms with van der Waals surface area (Å²) in [5.74, 6) is 1.69. The normalized spacial score (nSPS) is 10.2. The first-order valence-corrected chi connectivity index (χ1v) is 6.30. The molecule has 0 aliphatic carbocycles. The number of ether oxygens (including phenoxy) is 1. The molecule has 0 heterocycles. The zero-order valence-corrected chi connectivity index (χ0v) is 11.0. The third-order valence-corrected chi connectivity index (χ3v) is 2.90. The molecule has 2 aromatic rings. The minimum absolute atomic E-state index is 0.624. The Hall–Kier alpha value is -1.32. The highest BCUT2D eigenvalue weighted by Gasteiger charge is 2.03. The van der Waals surface area contributed by atoms with Gasteiger partial charge in [-0.15, -0.1) is 0 Å². The van der Waals surface area contributed by atoms with Gasteiger partial charge in [0, 0.05) is 4.47 Å². The van der Waals surface area contributed by atoms with Crippen LogP contribution in [0.4, 0.5) is 0 Å². The highest BCUT2D eigenvalue weighted by molar-refractivity contribution is 9.10. The number of hydrogen-bond acceptors (Lipinski definition) is 2. The van der Waals surface area contributed by atoms with Gasteiger partial charge in [0.05, 0.1) is 0 Å². The van der Waals surface area contributed by atoms with Crippen molar-refractivity contribution in [3.05, 3.63) is 58.6 Å². The second-order valence-electron chi connectivity index (χ2n) is 3.71. The number of benzene rings is 2. The van der Waals surface area contributed by atoms with E-state index in [-0.39, 0.29) is 0 Å². The molecule has 0 radical (unpaired) electrons. The topological polar surface area (TPSA) is 35.2 Å². The van der Waals surface area contributed by atoms with E-state index < -0.39 is 0 Å². The second-order valence-corrected chi connectivity index (χ2v) is 4.62. The highest BCUT2D eigenvalue weighted by Crippen LogP contribution is 2.27. The minimum Gasteiger partial charge on any atom is -0.457 e. The largest absolute Gasteiger partial charge is 0.457 e. The number of rotatable bonds is 4. The molecule has 0 bridgehead atoms. The third-order valence-electron chi connectivity index (χ3n) is 2.41. The van der Waals surface area contributed by atoms with Gasteiger partial charge in [0.15, 0.2) is 0 Å². The summed E-state index contributed by atoms with van der Waals surface area (Å²) in [7, 11) is 0. The van der Waals surface area contributed by atoms with Crippen LogP contribution in [0.25, 0.3) is 0 Å². The minimum atomic E-state index is 0.624. The van der Waals surface area contributed by atoms with Crippen LogP contribution in [-0.4, -0.2) is 6.54 Å². The first-order valence-electron chi connectivity index (χ1n) is 5.51. The molecule has 0 saturated carbocycles. The molecule has 0 fully saturated rings. The van der Waals surface area contributed by atoms with Crippen molar-refractivity contribution < 1.29 is 4.74 Å². The van der Waals surface area contributed by atoms with Crippen molar-refractivity contribution in [1.29, 1.82) is 0 Å². The molecule has 0 spiro atoms. The molecule has 2 nitrogen and oxygen atoms in total. The Morgan fingerprint density at radius 2 is 1.88 bits per heavy atom. The van der Waals surface area contributed by atoms with Crippen molar-refractivity contribution in [2.45, 2.75) is 6.42 Å². The molecule has 0 amide bonds. The summed E-state index contributed by atoms with van der Waals surface area (Å²) in [5.41, 5.74) is 6.72. The van der Waals surface area contributed by atoms with Crippen molar-refractivity contribution in [3.63, 3.8) is 0 Å². The molecule has 0 saturated heterocycles. The predicted octanol–water partition coefficient (Wildman–Crippen LogP) is 3.74. The van der Waals surface area contributed by atoms with Crippen LogP contribution in [0.3, 0.4) is 0 Å². The Balaban J connectivity index is 2.23. The maximum absolute atomic E-state index is 5.86. The SMILES string of the molecule is NCCc1ccccc1Oc1cccc(Br)c1. The van der Waals surface area contributed by atoms with Gasteiger partial charge < -0.3 is 10.5 Å². The van der Waals surface area contributed by atoms with Gasteiger partial charge in [-0.25, -0.2) is 0 Å². The van der Waals surface area contributed by atoms with Gasteiger partial charge in [0.25, 0.3) is 0 Å². The third kappa shape index (κ3) is 3.32. The predicted molar refractivity (Wildman–Crippen MR) is 73.4 cm³/mol. The highest BCUT2D eigenvalue weighted by atomic mass is 79.9. The molecule has 3 heteroatoms.